The molecule has 2 aromatic rings. The number of imide groups is 1. The lowest BCUT2D eigenvalue weighted by Crippen LogP contribution is -2.31. The Morgan fingerprint density at radius 2 is 1.73 bits per heavy atom. The number of carbonyl (C=O) groups is 2. The van der Waals surface area contributed by atoms with E-state index in [1.807, 2.05) is 68.4 Å². The predicted molar refractivity (Wildman–Crippen MR) is 105 cm³/mol. The Hall–Kier alpha value is -2.53. The Kier molecular flexibility index (Phi) is 5.78. The van der Waals surface area contributed by atoms with Gasteiger partial charge in [0.2, 0.25) is 0 Å². The second-order valence-electron chi connectivity index (χ2n) is 6.50. The van der Waals surface area contributed by atoms with Crippen molar-refractivity contribution in [3.8, 4) is 5.75 Å². The summed E-state index contributed by atoms with van der Waals surface area (Å²) in [4.78, 5) is 26.4. The molecule has 0 N–H and O–H groups in total. The predicted octanol–water partition coefficient (Wildman–Crippen LogP) is 4.96. The fourth-order valence-electron chi connectivity index (χ4n) is 2.63. The fraction of sp³-hybridized carbons (Fsp3) is 0.238. The fourth-order valence-corrected chi connectivity index (χ4v) is 3.47. The van der Waals surface area contributed by atoms with Crippen molar-refractivity contribution >= 4 is 29.0 Å². The third kappa shape index (κ3) is 4.35. The van der Waals surface area contributed by atoms with Gasteiger partial charge in [0, 0.05) is 12.1 Å². The molecule has 0 aliphatic carbocycles. The molecule has 5 heteroatoms. The molecule has 1 heterocycles. The van der Waals surface area contributed by atoms with Crippen LogP contribution in [-0.4, -0.2) is 22.6 Å². The maximum Gasteiger partial charge on any atom is 0.293 e. The summed E-state index contributed by atoms with van der Waals surface area (Å²) >= 11 is 0.985. The minimum atomic E-state index is -0.230. The third-order valence-corrected chi connectivity index (χ3v) is 4.77. The van der Waals surface area contributed by atoms with Crippen molar-refractivity contribution in [1.82, 2.24) is 4.90 Å². The van der Waals surface area contributed by atoms with Crippen LogP contribution in [0.4, 0.5) is 4.79 Å². The van der Waals surface area contributed by atoms with Crippen LogP contribution < -0.4 is 4.74 Å². The van der Waals surface area contributed by atoms with Gasteiger partial charge in [-0.05, 0) is 35.4 Å². The standard InChI is InChI=1S/C21H21NO3S/c1-15(2)13-22-20(23)19(26-21(22)24)12-17-10-6-7-11-18(17)25-14-16-8-4-3-5-9-16/h3-12,15H,13-14H2,1-2H3/b19-12-. The molecule has 1 fully saturated rings. The van der Waals surface area contributed by atoms with Crippen molar-refractivity contribution in [3.63, 3.8) is 0 Å². The maximum absolute atomic E-state index is 12.5. The third-order valence-electron chi connectivity index (χ3n) is 3.86. The van der Waals surface area contributed by atoms with E-state index in [0.29, 0.717) is 23.8 Å². The van der Waals surface area contributed by atoms with E-state index in [2.05, 4.69) is 0 Å². The minimum Gasteiger partial charge on any atom is -0.488 e. The van der Waals surface area contributed by atoms with Crippen molar-refractivity contribution in [2.75, 3.05) is 6.54 Å². The average molecular weight is 367 g/mol. The number of para-hydroxylation sites is 1. The Balaban J connectivity index is 1.78. The van der Waals surface area contributed by atoms with E-state index in [1.54, 1.807) is 6.08 Å². The number of nitrogens with zero attached hydrogens (tertiary/aromatic N) is 1. The molecule has 0 radical (unpaired) electrons. The first-order valence-corrected chi connectivity index (χ1v) is 9.37. The van der Waals surface area contributed by atoms with Gasteiger partial charge in [-0.2, -0.15) is 0 Å². The summed E-state index contributed by atoms with van der Waals surface area (Å²) in [5, 5.41) is -0.211. The summed E-state index contributed by atoms with van der Waals surface area (Å²) < 4.78 is 5.92. The Labute approximate surface area is 157 Å². The first kappa shape index (κ1) is 18.3. The molecule has 134 valence electrons. The van der Waals surface area contributed by atoms with Crippen molar-refractivity contribution in [3.05, 3.63) is 70.6 Å². The largest absolute Gasteiger partial charge is 0.488 e. The zero-order valence-corrected chi connectivity index (χ0v) is 15.7. The highest BCUT2D eigenvalue weighted by Crippen LogP contribution is 2.34. The molecule has 0 aromatic heterocycles. The van der Waals surface area contributed by atoms with Gasteiger partial charge >= 0.3 is 0 Å². The normalized spacial score (nSPS) is 16.0. The number of hydrogen-bond acceptors (Lipinski definition) is 4. The highest BCUT2D eigenvalue weighted by molar-refractivity contribution is 8.18. The Bertz CT molecular complexity index is 830. The van der Waals surface area contributed by atoms with E-state index in [-0.39, 0.29) is 17.1 Å². The molecular formula is C21H21NO3S. The summed E-state index contributed by atoms with van der Waals surface area (Å²) in [5.41, 5.74) is 1.86. The Morgan fingerprint density at radius 3 is 2.46 bits per heavy atom. The first-order valence-electron chi connectivity index (χ1n) is 8.55. The Morgan fingerprint density at radius 1 is 1.04 bits per heavy atom. The monoisotopic (exact) mass is 367 g/mol. The number of ether oxygens (including phenoxy) is 1. The van der Waals surface area contributed by atoms with Gasteiger partial charge in [0.05, 0.1) is 4.91 Å². The average Bonchev–Trinajstić information content (AvgIpc) is 2.89. The zero-order chi connectivity index (χ0) is 18.5. The lowest BCUT2D eigenvalue weighted by Gasteiger charge is -2.14. The molecule has 0 unspecified atom stereocenters. The second-order valence-corrected chi connectivity index (χ2v) is 7.49. The van der Waals surface area contributed by atoms with Crippen LogP contribution in [0, 0.1) is 5.92 Å². The molecule has 0 spiro atoms. The van der Waals surface area contributed by atoms with Crippen LogP contribution in [0.25, 0.3) is 6.08 Å². The second kappa shape index (κ2) is 8.23. The lowest BCUT2D eigenvalue weighted by molar-refractivity contribution is -0.123. The van der Waals surface area contributed by atoms with Crippen molar-refractivity contribution in [2.45, 2.75) is 20.5 Å². The number of amides is 2. The molecule has 0 saturated carbocycles. The van der Waals surface area contributed by atoms with Crippen molar-refractivity contribution in [1.29, 1.82) is 0 Å². The van der Waals surface area contributed by atoms with Gasteiger partial charge in [-0.1, -0.05) is 62.4 Å². The van der Waals surface area contributed by atoms with Gasteiger partial charge in [-0.3, -0.25) is 14.5 Å². The molecule has 3 rings (SSSR count). The number of hydrogen-bond donors (Lipinski definition) is 0. The van der Waals surface area contributed by atoms with Gasteiger partial charge in [0.25, 0.3) is 11.1 Å². The van der Waals surface area contributed by atoms with Crippen LogP contribution in [0.15, 0.2) is 59.5 Å². The molecule has 1 saturated heterocycles. The lowest BCUT2D eigenvalue weighted by atomic mass is 10.1. The van der Waals surface area contributed by atoms with Crippen LogP contribution in [0.5, 0.6) is 5.75 Å². The zero-order valence-electron chi connectivity index (χ0n) is 14.8. The summed E-state index contributed by atoms with van der Waals surface area (Å²) in [6.45, 7) is 4.86. The maximum atomic E-state index is 12.5. The van der Waals surface area contributed by atoms with Gasteiger partial charge < -0.3 is 4.74 Å². The van der Waals surface area contributed by atoms with Gasteiger partial charge in [-0.15, -0.1) is 0 Å². The van der Waals surface area contributed by atoms with Gasteiger partial charge in [-0.25, -0.2) is 0 Å². The van der Waals surface area contributed by atoms with E-state index >= 15 is 0 Å². The first-order chi connectivity index (χ1) is 12.5. The van der Waals surface area contributed by atoms with Crippen LogP contribution in [0.1, 0.15) is 25.0 Å². The molecule has 1 aliphatic rings. The van der Waals surface area contributed by atoms with Crippen LogP contribution in [-0.2, 0) is 11.4 Å². The molecule has 1 aliphatic heterocycles. The van der Waals surface area contributed by atoms with E-state index in [1.165, 1.54) is 4.90 Å². The number of benzene rings is 2. The smallest absolute Gasteiger partial charge is 0.293 e. The summed E-state index contributed by atoms with van der Waals surface area (Å²) in [5.74, 6) is 0.697. The van der Waals surface area contributed by atoms with Crippen LogP contribution >= 0.6 is 11.8 Å². The highest BCUT2D eigenvalue weighted by Gasteiger charge is 2.35. The van der Waals surface area contributed by atoms with Gasteiger partial charge in [0.1, 0.15) is 12.4 Å². The summed E-state index contributed by atoms with van der Waals surface area (Å²) in [6.07, 6.45) is 1.74. The van der Waals surface area contributed by atoms with E-state index in [0.717, 1.165) is 22.9 Å². The molecule has 2 aromatic carbocycles. The number of rotatable bonds is 6. The van der Waals surface area contributed by atoms with E-state index < -0.39 is 0 Å². The number of carbonyl (C=O) groups excluding carboxylic acids is 2. The van der Waals surface area contributed by atoms with E-state index in [9.17, 15) is 9.59 Å². The summed E-state index contributed by atoms with van der Waals surface area (Å²) in [6, 6.07) is 17.4. The minimum absolute atomic E-state index is 0.211. The van der Waals surface area contributed by atoms with E-state index in [4.69, 9.17) is 4.74 Å². The number of thioether (sulfide) groups is 1. The molecule has 0 atom stereocenters. The summed E-state index contributed by atoms with van der Waals surface area (Å²) in [7, 11) is 0. The molecule has 0 bridgehead atoms. The molecular weight excluding hydrogens is 346 g/mol. The SMILES string of the molecule is CC(C)CN1C(=O)S/C(=C\c2ccccc2OCc2ccccc2)C1=O. The van der Waals surface area contributed by atoms with Crippen molar-refractivity contribution < 1.29 is 14.3 Å². The molecule has 2 amide bonds. The molecule has 4 nitrogen and oxygen atoms in total. The van der Waals surface area contributed by atoms with Gasteiger partial charge in [0.15, 0.2) is 0 Å². The van der Waals surface area contributed by atoms with Crippen LogP contribution in [0.2, 0.25) is 0 Å². The van der Waals surface area contributed by atoms with Crippen molar-refractivity contribution in [2.24, 2.45) is 5.92 Å². The quantitative estimate of drug-likeness (QED) is 0.677. The van der Waals surface area contributed by atoms with Crippen LogP contribution in [0.3, 0.4) is 0 Å². The molecule has 26 heavy (non-hydrogen) atoms. The highest BCUT2D eigenvalue weighted by atomic mass is 32.2. The topological polar surface area (TPSA) is 46.6 Å².